The number of amides is 1. The average molecular weight is 346 g/mol. The molecule has 3 rings (SSSR count). The van der Waals surface area contributed by atoms with Crippen molar-refractivity contribution in [1.82, 2.24) is 0 Å². The lowest BCUT2D eigenvalue weighted by Gasteiger charge is -2.28. The molecule has 1 saturated carbocycles. The first-order chi connectivity index (χ1) is 11.6. The molecule has 0 aromatic heterocycles. The van der Waals surface area contributed by atoms with E-state index in [9.17, 15) is 9.18 Å². The molecule has 2 aromatic rings. The molecule has 0 aliphatic heterocycles. The molecule has 0 saturated heterocycles. The number of benzene rings is 2. The Bertz CT molecular complexity index is 696. The summed E-state index contributed by atoms with van der Waals surface area (Å²) in [5, 5.41) is 2.98. The number of carbonyl (C=O) groups excluding carboxylic acids is 1. The van der Waals surface area contributed by atoms with Gasteiger partial charge in [-0.05, 0) is 61.3 Å². The van der Waals surface area contributed by atoms with Crippen molar-refractivity contribution in [3.8, 4) is 0 Å². The molecule has 0 heterocycles. The summed E-state index contributed by atoms with van der Waals surface area (Å²) in [6, 6.07) is 14.8. The lowest BCUT2D eigenvalue weighted by molar-refractivity contribution is -0.117. The van der Waals surface area contributed by atoms with Crippen LogP contribution < -0.4 is 5.32 Å². The Morgan fingerprint density at radius 2 is 1.79 bits per heavy atom. The summed E-state index contributed by atoms with van der Waals surface area (Å²) in [7, 11) is 0. The highest BCUT2D eigenvalue weighted by Crippen LogP contribution is 2.37. The molecular formula is C20H21ClFNO. The Morgan fingerprint density at radius 1 is 1.08 bits per heavy atom. The van der Waals surface area contributed by atoms with Crippen LogP contribution >= 0.6 is 11.6 Å². The minimum absolute atomic E-state index is 0.126. The molecule has 2 aromatic carbocycles. The highest BCUT2D eigenvalue weighted by Gasteiger charge is 2.24. The van der Waals surface area contributed by atoms with Crippen molar-refractivity contribution in [2.75, 3.05) is 5.32 Å². The standard InChI is InChI=1S/C20H21ClFNO/c21-17-10-11-19(18(22)13-17)23-20(24)12-14-6-8-16(9-7-14)15-4-2-1-3-5-15/h1-5,10-11,13-14,16H,6-9,12H2,(H,23,24)/t14-,16+. The number of halogens is 2. The van der Waals surface area contributed by atoms with Gasteiger partial charge in [0, 0.05) is 11.4 Å². The molecule has 1 aliphatic rings. The van der Waals surface area contributed by atoms with Crippen LogP contribution in [0.2, 0.25) is 5.02 Å². The molecule has 0 bridgehead atoms. The van der Waals surface area contributed by atoms with Crippen LogP contribution in [0.4, 0.5) is 10.1 Å². The topological polar surface area (TPSA) is 29.1 Å². The summed E-state index contributed by atoms with van der Waals surface area (Å²) in [4.78, 5) is 12.2. The molecule has 0 unspecified atom stereocenters. The molecule has 4 heteroatoms. The maximum absolute atomic E-state index is 13.7. The van der Waals surface area contributed by atoms with Gasteiger partial charge in [0.1, 0.15) is 5.82 Å². The minimum Gasteiger partial charge on any atom is -0.324 e. The Labute approximate surface area is 147 Å². The molecule has 24 heavy (non-hydrogen) atoms. The van der Waals surface area contributed by atoms with E-state index in [2.05, 4.69) is 29.6 Å². The average Bonchev–Trinajstić information content (AvgIpc) is 2.59. The van der Waals surface area contributed by atoms with Crippen LogP contribution in [0.15, 0.2) is 48.5 Å². The van der Waals surface area contributed by atoms with Gasteiger partial charge < -0.3 is 5.32 Å². The maximum Gasteiger partial charge on any atom is 0.224 e. The first-order valence-corrected chi connectivity index (χ1v) is 8.79. The van der Waals surface area contributed by atoms with Gasteiger partial charge >= 0.3 is 0 Å². The fourth-order valence-corrected chi connectivity index (χ4v) is 3.64. The summed E-state index contributed by atoms with van der Waals surface area (Å²) >= 11 is 5.72. The summed E-state index contributed by atoms with van der Waals surface area (Å²) in [5.74, 6) is 0.350. The fourth-order valence-electron chi connectivity index (χ4n) is 3.48. The zero-order valence-corrected chi connectivity index (χ0v) is 14.2. The molecular weight excluding hydrogens is 325 g/mol. The lowest BCUT2D eigenvalue weighted by Crippen LogP contribution is -2.21. The van der Waals surface area contributed by atoms with E-state index < -0.39 is 5.82 Å². The van der Waals surface area contributed by atoms with E-state index in [1.165, 1.54) is 17.7 Å². The quantitative estimate of drug-likeness (QED) is 0.747. The predicted molar refractivity (Wildman–Crippen MR) is 95.8 cm³/mol. The predicted octanol–water partition coefficient (Wildman–Crippen LogP) is 5.78. The summed E-state index contributed by atoms with van der Waals surface area (Å²) in [5.41, 5.74) is 1.59. The summed E-state index contributed by atoms with van der Waals surface area (Å²) < 4.78 is 13.7. The van der Waals surface area contributed by atoms with Crippen molar-refractivity contribution in [1.29, 1.82) is 0 Å². The Hall–Kier alpha value is -1.87. The van der Waals surface area contributed by atoms with Crippen LogP contribution in [-0.4, -0.2) is 5.91 Å². The fraction of sp³-hybridized carbons (Fsp3) is 0.350. The Balaban J connectivity index is 1.50. The van der Waals surface area contributed by atoms with Crippen molar-refractivity contribution in [2.45, 2.75) is 38.0 Å². The zero-order chi connectivity index (χ0) is 16.9. The van der Waals surface area contributed by atoms with E-state index in [1.54, 1.807) is 6.07 Å². The first-order valence-electron chi connectivity index (χ1n) is 8.41. The molecule has 2 nitrogen and oxygen atoms in total. The van der Waals surface area contributed by atoms with Crippen LogP contribution in [0.3, 0.4) is 0 Å². The lowest BCUT2D eigenvalue weighted by atomic mass is 9.77. The second kappa shape index (κ2) is 7.80. The van der Waals surface area contributed by atoms with Crippen molar-refractivity contribution in [3.05, 3.63) is 64.9 Å². The maximum atomic E-state index is 13.7. The van der Waals surface area contributed by atoms with Crippen molar-refractivity contribution < 1.29 is 9.18 Å². The van der Waals surface area contributed by atoms with Crippen molar-refractivity contribution in [3.63, 3.8) is 0 Å². The van der Waals surface area contributed by atoms with Gasteiger partial charge in [-0.3, -0.25) is 4.79 Å². The molecule has 126 valence electrons. The van der Waals surface area contributed by atoms with E-state index in [0.29, 0.717) is 23.3 Å². The summed E-state index contributed by atoms with van der Waals surface area (Å²) in [6.07, 6.45) is 4.74. The van der Waals surface area contributed by atoms with Gasteiger partial charge in [0.05, 0.1) is 5.69 Å². The monoisotopic (exact) mass is 345 g/mol. The van der Waals surface area contributed by atoms with Gasteiger partial charge in [0.15, 0.2) is 0 Å². The van der Waals surface area contributed by atoms with Crippen LogP contribution in [0.25, 0.3) is 0 Å². The summed E-state index contributed by atoms with van der Waals surface area (Å²) in [6.45, 7) is 0. The first kappa shape index (κ1) is 17.0. The number of rotatable bonds is 4. The van der Waals surface area contributed by atoms with Gasteiger partial charge in [0.25, 0.3) is 0 Å². The number of hydrogen-bond acceptors (Lipinski definition) is 1. The van der Waals surface area contributed by atoms with E-state index >= 15 is 0 Å². The van der Waals surface area contributed by atoms with Gasteiger partial charge in [0.2, 0.25) is 5.91 Å². The van der Waals surface area contributed by atoms with E-state index in [4.69, 9.17) is 11.6 Å². The van der Waals surface area contributed by atoms with E-state index in [-0.39, 0.29) is 11.6 Å². The van der Waals surface area contributed by atoms with Crippen LogP contribution in [0.5, 0.6) is 0 Å². The SMILES string of the molecule is O=C(C[C@H]1CC[C@@H](c2ccccc2)CC1)Nc1ccc(Cl)cc1F. The number of carbonyl (C=O) groups is 1. The van der Waals surface area contributed by atoms with Crippen LogP contribution in [0, 0.1) is 11.7 Å². The van der Waals surface area contributed by atoms with Gasteiger partial charge in [-0.15, -0.1) is 0 Å². The molecule has 1 aliphatic carbocycles. The second-order valence-corrected chi connectivity index (χ2v) is 6.94. The second-order valence-electron chi connectivity index (χ2n) is 6.50. The van der Waals surface area contributed by atoms with Gasteiger partial charge in [-0.25, -0.2) is 4.39 Å². The van der Waals surface area contributed by atoms with Crippen LogP contribution in [-0.2, 0) is 4.79 Å². The van der Waals surface area contributed by atoms with Crippen molar-refractivity contribution >= 4 is 23.2 Å². The van der Waals surface area contributed by atoms with Gasteiger partial charge in [-0.2, -0.15) is 0 Å². The molecule has 0 atom stereocenters. The normalized spacial score (nSPS) is 20.6. The Kier molecular flexibility index (Phi) is 5.52. The third-order valence-electron chi connectivity index (χ3n) is 4.80. The highest BCUT2D eigenvalue weighted by molar-refractivity contribution is 6.30. The molecule has 1 N–H and O–H groups in total. The van der Waals surface area contributed by atoms with E-state index in [1.807, 2.05) is 6.07 Å². The van der Waals surface area contributed by atoms with Crippen molar-refractivity contribution in [2.24, 2.45) is 5.92 Å². The third kappa shape index (κ3) is 4.35. The number of anilines is 1. The number of hydrogen-bond donors (Lipinski definition) is 1. The third-order valence-corrected chi connectivity index (χ3v) is 5.03. The van der Waals surface area contributed by atoms with E-state index in [0.717, 1.165) is 25.7 Å². The largest absolute Gasteiger partial charge is 0.324 e. The molecule has 1 amide bonds. The smallest absolute Gasteiger partial charge is 0.224 e. The molecule has 0 radical (unpaired) electrons. The van der Waals surface area contributed by atoms with Gasteiger partial charge in [-0.1, -0.05) is 41.9 Å². The molecule has 0 spiro atoms. The highest BCUT2D eigenvalue weighted by atomic mass is 35.5. The zero-order valence-electron chi connectivity index (χ0n) is 13.5. The van der Waals surface area contributed by atoms with Crippen LogP contribution in [0.1, 0.15) is 43.6 Å². The minimum atomic E-state index is -0.497. The number of nitrogens with one attached hydrogen (secondary N) is 1. The molecule has 1 fully saturated rings. The Morgan fingerprint density at radius 3 is 2.46 bits per heavy atom.